The lowest BCUT2D eigenvalue weighted by Gasteiger charge is -2.07. The van der Waals surface area contributed by atoms with Crippen molar-refractivity contribution in [2.45, 2.75) is 0 Å². The summed E-state index contributed by atoms with van der Waals surface area (Å²) in [5, 5.41) is 9.48. The normalized spacial score (nSPS) is 11.0. The maximum Gasteiger partial charge on any atom is 0.336 e. The van der Waals surface area contributed by atoms with Crippen LogP contribution in [0.25, 0.3) is 11.6 Å². The maximum absolute atomic E-state index is 11.6. The predicted molar refractivity (Wildman–Crippen MR) is 101 cm³/mol. The summed E-state index contributed by atoms with van der Waals surface area (Å²) in [5.41, 5.74) is 1.70. The zero-order valence-corrected chi connectivity index (χ0v) is 14.3. The molecule has 0 unspecified atom stereocenters. The van der Waals surface area contributed by atoms with Crippen molar-refractivity contribution in [1.29, 1.82) is 0 Å². The second-order valence-corrected chi connectivity index (χ2v) is 5.58. The van der Waals surface area contributed by atoms with E-state index in [4.69, 9.17) is 9.47 Å². The van der Waals surface area contributed by atoms with E-state index in [1.165, 1.54) is 0 Å². The van der Waals surface area contributed by atoms with E-state index in [2.05, 4.69) is 0 Å². The first kappa shape index (κ1) is 17.3. The lowest BCUT2D eigenvalue weighted by molar-refractivity contribution is -0.130. The molecule has 0 saturated carbocycles. The number of carboxylic acids is 1. The highest BCUT2D eigenvalue weighted by Gasteiger charge is 2.10. The van der Waals surface area contributed by atoms with E-state index < -0.39 is 5.97 Å². The minimum atomic E-state index is -0.963. The van der Waals surface area contributed by atoms with E-state index in [0.29, 0.717) is 17.1 Å². The first-order valence-corrected chi connectivity index (χ1v) is 8.08. The van der Waals surface area contributed by atoms with Gasteiger partial charge in [-0.15, -0.1) is 0 Å². The number of ether oxygens (including phenoxy) is 2. The molecule has 3 aromatic carbocycles. The average Bonchev–Trinajstić information content (AvgIpc) is 2.68. The molecule has 0 aliphatic carbocycles. The van der Waals surface area contributed by atoms with Gasteiger partial charge in [0.1, 0.15) is 17.2 Å². The number of methoxy groups -OCH3 is 1. The van der Waals surface area contributed by atoms with Crippen LogP contribution < -0.4 is 9.47 Å². The minimum Gasteiger partial charge on any atom is -0.497 e. The molecule has 0 atom stereocenters. The number of hydrogen-bond acceptors (Lipinski definition) is 3. The van der Waals surface area contributed by atoms with Gasteiger partial charge in [0.05, 0.1) is 12.7 Å². The Bertz CT molecular complexity index is 895. The third kappa shape index (κ3) is 4.30. The van der Waals surface area contributed by atoms with Crippen LogP contribution in [0.2, 0.25) is 0 Å². The Balaban J connectivity index is 1.78. The van der Waals surface area contributed by atoms with E-state index in [1.54, 1.807) is 37.5 Å². The number of carbonyl (C=O) groups is 1. The summed E-state index contributed by atoms with van der Waals surface area (Å²) in [6.07, 6.45) is 1.65. The Morgan fingerprint density at radius 3 is 1.88 bits per heavy atom. The topological polar surface area (TPSA) is 55.8 Å². The highest BCUT2D eigenvalue weighted by Crippen LogP contribution is 2.25. The molecule has 0 radical (unpaired) electrons. The molecule has 0 heterocycles. The fourth-order valence-corrected chi connectivity index (χ4v) is 2.46. The van der Waals surface area contributed by atoms with Crippen LogP contribution in [-0.4, -0.2) is 18.2 Å². The van der Waals surface area contributed by atoms with E-state index >= 15 is 0 Å². The fraction of sp³-hybridized carbons (Fsp3) is 0.0455. The van der Waals surface area contributed by atoms with E-state index in [-0.39, 0.29) is 5.57 Å². The van der Waals surface area contributed by atoms with Gasteiger partial charge in [-0.3, -0.25) is 0 Å². The third-order valence-corrected chi connectivity index (χ3v) is 3.80. The van der Waals surface area contributed by atoms with E-state index in [1.807, 2.05) is 54.6 Å². The van der Waals surface area contributed by atoms with Gasteiger partial charge >= 0.3 is 5.97 Å². The standard InChI is InChI=1S/C22H18O4/c1-25-18-11-13-20(14-12-18)26-19-9-7-16(8-10-19)15-21(22(23)24)17-5-3-2-4-6-17/h2-15H,1H3,(H,23,24)/b21-15-. The van der Waals surface area contributed by atoms with Gasteiger partial charge in [0.25, 0.3) is 0 Å². The SMILES string of the molecule is COc1ccc(Oc2ccc(/C=C(\C(=O)O)c3ccccc3)cc2)cc1. The Kier molecular flexibility index (Phi) is 5.34. The van der Waals surface area contributed by atoms with Crippen molar-refractivity contribution in [3.8, 4) is 17.2 Å². The van der Waals surface area contributed by atoms with Gasteiger partial charge < -0.3 is 14.6 Å². The molecule has 0 aromatic heterocycles. The van der Waals surface area contributed by atoms with Gasteiger partial charge in [-0.25, -0.2) is 4.79 Å². The van der Waals surface area contributed by atoms with Gasteiger partial charge in [0.15, 0.2) is 0 Å². The van der Waals surface area contributed by atoms with Crippen LogP contribution in [0.3, 0.4) is 0 Å². The van der Waals surface area contributed by atoms with Gasteiger partial charge in [0, 0.05) is 0 Å². The molecule has 130 valence electrons. The maximum atomic E-state index is 11.6. The molecule has 0 spiro atoms. The van der Waals surface area contributed by atoms with Crippen molar-refractivity contribution in [3.05, 3.63) is 90.0 Å². The van der Waals surface area contributed by atoms with Gasteiger partial charge in [0.2, 0.25) is 0 Å². The first-order valence-electron chi connectivity index (χ1n) is 8.08. The van der Waals surface area contributed by atoms with Crippen LogP contribution in [0, 0.1) is 0 Å². The summed E-state index contributed by atoms with van der Waals surface area (Å²) in [4.78, 5) is 11.6. The van der Waals surface area contributed by atoms with Crippen LogP contribution >= 0.6 is 0 Å². The first-order chi connectivity index (χ1) is 12.7. The van der Waals surface area contributed by atoms with Crippen molar-refractivity contribution in [2.75, 3.05) is 7.11 Å². The molecule has 3 rings (SSSR count). The van der Waals surface area contributed by atoms with Crippen molar-refractivity contribution < 1.29 is 19.4 Å². The molecule has 4 heteroatoms. The Morgan fingerprint density at radius 1 is 0.808 bits per heavy atom. The molecule has 3 aromatic rings. The second kappa shape index (κ2) is 8.03. The molecule has 0 amide bonds. The van der Waals surface area contributed by atoms with Gasteiger partial charge in [-0.1, -0.05) is 42.5 Å². The van der Waals surface area contributed by atoms with Crippen LogP contribution in [0.4, 0.5) is 0 Å². The van der Waals surface area contributed by atoms with E-state index in [0.717, 1.165) is 11.3 Å². The third-order valence-electron chi connectivity index (χ3n) is 3.80. The number of hydrogen-bond donors (Lipinski definition) is 1. The summed E-state index contributed by atoms with van der Waals surface area (Å²) in [7, 11) is 1.61. The Hall–Kier alpha value is -3.53. The number of aliphatic carboxylic acids is 1. The van der Waals surface area contributed by atoms with Gasteiger partial charge in [-0.2, -0.15) is 0 Å². The Morgan fingerprint density at radius 2 is 1.35 bits per heavy atom. The van der Waals surface area contributed by atoms with Crippen molar-refractivity contribution in [2.24, 2.45) is 0 Å². The summed E-state index contributed by atoms with van der Waals surface area (Å²) in [6.45, 7) is 0. The molecule has 1 N–H and O–H groups in total. The molecule has 0 saturated heterocycles. The quantitative estimate of drug-likeness (QED) is 0.497. The molecule has 26 heavy (non-hydrogen) atoms. The Labute approximate surface area is 151 Å². The summed E-state index contributed by atoms with van der Waals surface area (Å²) < 4.78 is 10.9. The molecule has 4 nitrogen and oxygen atoms in total. The average molecular weight is 346 g/mol. The van der Waals surface area contributed by atoms with Crippen LogP contribution in [-0.2, 0) is 4.79 Å². The zero-order valence-electron chi connectivity index (χ0n) is 14.3. The van der Waals surface area contributed by atoms with Crippen LogP contribution in [0.5, 0.6) is 17.2 Å². The molecule has 0 aliphatic rings. The largest absolute Gasteiger partial charge is 0.497 e. The van der Waals surface area contributed by atoms with E-state index in [9.17, 15) is 9.90 Å². The van der Waals surface area contributed by atoms with Crippen molar-refractivity contribution in [1.82, 2.24) is 0 Å². The highest BCUT2D eigenvalue weighted by molar-refractivity contribution is 6.20. The molecular formula is C22H18O4. The highest BCUT2D eigenvalue weighted by atomic mass is 16.5. The smallest absolute Gasteiger partial charge is 0.336 e. The van der Waals surface area contributed by atoms with Crippen molar-refractivity contribution in [3.63, 3.8) is 0 Å². The summed E-state index contributed by atoms with van der Waals surface area (Å²) >= 11 is 0. The summed E-state index contributed by atoms with van der Waals surface area (Å²) in [6, 6.07) is 23.6. The van der Waals surface area contributed by atoms with Crippen LogP contribution in [0.15, 0.2) is 78.9 Å². The fourth-order valence-electron chi connectivity index (χ4n) is 2.46. The second-order valence-electron chi connectivity index (χ2n) is 5.58. The molecule has 0 bridgehead atoms. The number of benzene rings is 3. The predicted octanol–water partition coefficient (Wildman–Crippen LogP) is 5.11. The minimum absolute atomic E-state index is 0.245. The van der Waals surface area contributed by atoms with Crippen LogP contribution in [0.1, 0.15) is 11.1 Å². The van der Waals surface area contributed by atoms with Crippen molar-refractivity contribution >= 4 is 17.6 Å². The summed E-state index contributed by atoms with van der Waals surface area (Å²) in [5.74, 6) is 1.17. The lowest BCUT2D eigenvalue weighted by Crippen LogP contribution is -1.99. The molecular weight excluding hydrogens is 328 g/mol. The monoisotopic (exact) mass is 346 g/mol. The zero-order chi connectivity index (χ0) is 18.4. The number of carboxylic acid groups (broad SMARTS) is 1. The molecule has 0 fully saturated rings. The van der Waals surface area contributed by atoms with Gasteiger partial charge in [-0.05, 0) is 53.6 Å². The lowest BCUT2D eigenvalue weighted by atomic mass is 10.0. The number of rotatable bonds is 6. The molecule has 0 aliphatic heterocycles.